The summed E-state index contributed by atoms with van der Waals surface area (Å²) in [5, 5.41) is 0. The summed E-state index contributed by atoms with van der Waals surface area (Å²) in [5.41, 5.74) is 1.08. The van der Waals surface area contributed by atoms with Crippen LogP contribution in [-0.4, -0.2) is 15.4 Å². The molecule has 2 aromatic heterocycles. The number of aromatic nitrogens is 2. The minimum atomic E-state index is -0.609. The second kappa shape index (κ2) is 7.40. The summed E-state index contributed by atoms with van der Waals surface area (Å²) in [7, 11) is 0. The van der Waals surface area contributed by atoms with Gasteiger partial charge in [0.05, 0.1) is 5.69 Å². The fraction of sp³-hybridized carbons (Fsp3) is 0.0556. The maximum atomic E-state index is 13.1. The van der Waals surface area contributed by atoms with E-state index in [2.05, 4.69) is 20.9 Å². The van der Waals surface area contributed by atoms with Crippen LogP contribution in [0.25, 0.3) is 11.7 Å². The molecule has 0 saturated heterocycles. The van der Waals surface area contributed by atoms with E-state index in [1.54, 1.807) is 30.5 Å². The zero-order valence-corrected chi connectivity index (χ0v) is 14.4. The van der Waals surface area contributed by atoms with Gasteiger partial charge in [0.2, 0.25) is 0 Å². The molecule has 0 saturated carbocycles. The van der Waals surface area contributed by atoms with Crippen molar-refractivity contribution in [1.82, 2.24) is 9.38 Å². The Bertz CT molecular complexity index is 1030. The van der Waals surface area contributed by atoms with Crippen molar-refractivity contribution in [2.24, 2.45) is 0 Å². The quantitative estimate of drug-likeness (QED) is 0.495. The van der Waals surface area contributed by atoms with E-state index in [4.69, 9.17) is 4.74 Å². The van der Waals surface area contributed by atoms with E-state index < -0.39 is 5.97 Å². The highest BCUT2D eigenvalue weighted by atomic mass is 79.9. The summed E-state index contributed by atoms with van der Waals surface area (Å²) in [6.45, 7) is -0.131. The van der Waals surface area contributed by atoms with E-state index >= 15 is 0 Å². The van der Waals surface area contributed by atoms with Gasteiger partial charge in [-0.15, -0.1) is 0 Å². The molecular weight excluding hydrogens is 391 g/mol. The molecule has 3 aromatic rings. The topological polar surface area (TPSA) is 60.7 Å². The molecule has 0 aliphatic carbocycles. The van der Waals surface area contributed by atoms with Crippen LogP contribution in [0.3, 0.4) is 0 Å². The van der Waals surface area contributed by atoms with Gasteiger partial charge >= 0.3 is 5.97 Å². The van der Waals surface area contributed by atoms with Crippen LogP contribution in [0.15, 0.2) is 64.0 Å². The van der Waals surface area contributed by atoms with Crippen molar-refractivity contribution < 1.29 is 13.9 Å². The van der Waals surface area contributed by atoms with Gasteiger partial charge in [0.1, 0.15) is 18.1 Å². The first-order valence-corrected chi connectivity index (χ1v) is 8.09. The molecule has 2 heterocycles. The number of nitrogens with zero attached hydrogens (tertiary/aromatic N) is 2. The third-order valence-electron chi connectivity index (χ3n) is 3.30. The van der Waals surface area contributed by atoms with Crippen LogP contribution in [0, 0.1) is 5.82 Å². The number of pyridine rings is 1. The van der Waals surface area contributed by atoms with E-state index in [0.29, 0.717) is 16.9 Å². The van der Waals surface area contributed by atoms with E-state index in [-0.39, 0.29) is 18.0 Å². The summed E-state index contributed by atoms with van der Waals surface area (Å²) in [6, 6.07) is 10.6. The van der Waals surface area contributed by atoms with Crippen LogP contribution in [0.5, 0.6) is 0 Å². The largest absolute Gasteiger partial charge is 0.456 e. The standard InChI is InChI=1S/C18H12BrFN2O3/c19-13-5-6-16-21-15(9-17(23)22(16)10-13)11-25-18(24)7-4-12-2-1-3-14(20)8-12/h1-10H,11H2/b7-4+. The van der Waals surface area contributed by atoms with Crippen LogP contribution in [-0.2, 0) is 16.1 Å². The van der Waals surface area contributed by atoms with E-state index in [1.165, 1.54) is 34.8 Å². The molecule has 0 amide bonds. The minimum absolute atomic E-state index is 0.131. The molecule has 0 aliphatic heterocycles. The Morgan fingerprint density at radius 1 is 1.28 bits per heavy atom. The summed E-state index contributed by atoms with van der Waals surface area (Å²) >= 11 is 3.29. The molecule has 5 nitrogen and oxygen atoms in total. The first-order chi connectivity index (χ1) is 12.0. The molecule has 0 fully saturated rings. The minimum Gasteiger partial charge on any atom is -0.456 e. The Hall–Kier alpha value is -2.80. The lowest BCUT2D eigenvalue weighted by molar-refractivity contribution is -0.139. The van der Waals surface area contributed by atoms with Crippen molar-refractivity contribution in [2.45, 2.75) is 6.61 Å². The number of ether oxygens (including phenoxy) is 1. The first kappa shape index (κ1) is 17.0. The fourth-order valence-corrected chi connectivity index (χ4v) is 2.50. The van der Waals surface area contributed by atoms with Crippen molar-refractivity contribution in [2.75, 3.05) is 0 Å². The molecular formula is C18H12BrFN2O3. The van der Waals surface area contributed by atoms with Gasteiger partial charge in [-0.3, -0.25) is 9.20 Å². The van der Waals surface area contributed by atoms with E-state index in [9.17, 15) is 14.0 Å². The summed E-state index contributed by atoms with van der Waals surface area (Å²) in [6.07, 6.45) is 4.26. The van der Waals surface area contributed by atoms with Crippen molar-refractivity contribution in [3.05, 3.63) is 86.6 Å². The van der Waals surface area contributed by atoms with Gasteiger partial charge in [0, 0.05) is 22.8 Å². The average Bonchev–Trinajstić information content (AvgIpc) is 2.59. The van der Waals surface area contributed by atoms with Crippen LogP contribution >= 0.6 is 15.9 Å². The van der Waals surface area contributed by atoms with Crippen LogP contribution < -0.4 is 5.56 Å². The molecule has 0 bridgehead atoms. The maximum absolute atomic E-state index is 13.1. The molecule has 0 N–H and O–H groups in total. The third kappa shape index (κ3) is 4.39. The number of carbonyl (C=O) groups is 1. The Morgan fingerprint density at radius 3 is 2.92 bits per heavy atom. The van der Waals surface area contributed by atoms with Gasteiger partial charge in [0.15, 0.2) is 0 Å². The molecule has 0 spiro atoms. The predicted octanol–water partition coefficient (Wildman–Crippen LogP) is 3.35. The Kier molecular flexibility index (Phi) is 5.04. The molecule has 0 unspecified atom stereocenters. The molecule has 0 aliphatic rings. The molecule has 0 atom stereocenters. The number of benzene rings is 1. The Labute approximate surface area is 150 Å². The van der Waals surface area contributed by atoms with Gasteiger partial charge in [-0.1, -0.05) is 12.1 Å². The number of hydrogen-bond acceptors (Lipinski definition) is 4. The number of fused-ring (bicyclic) bond motifs is 1. The van der Waals surface area contributed by atoms with Crippen molar-refractivity contribution in [1.29, 1.82) is 0 Å². The lowest BCUT2D eigenvalue weighted by Crippen LogP contribution is -2.16. The summed E-state index contributed by atoms with van der Waals surface area (Å²) in [5.74, 6) is -0.995. The maximum Gasteiger partial charge on any atom is 0.331 e. The highest BCUT2D eigenvalue weighted by Crippen LogP contribution is 2.10. The van der Waals surface area contributed by atoms with Crippen molar-refractivity contribution >= 4 is 33.6 Å². The third-order valence-corrected chi connectivity index (χ3v) is 3.77. The molecule has 25 heavy (non-hydrogen) atoms. The lowest BCUT2D eigenvalue weighted by atomic mass is 10.2. The van der Waals surface area contributed by atoms with Gasteiger partial charge in [-0.2, -0.15) is 0 Å². The van der Waals surface area contributed by atoms with Crippen LogP contribution in [0.2, 0.25) is 0 Å². The molecule has 126 valence electrons. The number of halogens is 2. The zero-order chi connectivity index (χ0) is 17.8. The fourth-order valence-electron chi connectivity index (χ4n) is 2.17. The van der Waals surface area contributed by atoms with Gasteiger partial charge in [0.25, 0.3) is 5.56 Å². The van der Waals surface area contributed by atoms with Crippen LogP contribution in [0.4, 0.5) is 4.39 Å². The molecule has 7 heteroatoms. The lowest BCUT2D eigenvalue weighted by Gasteiger charge is -2.05. The number of carbonyl (C=O) groups excluding carboxylic acids is 1. The van der Waals surface area contributed by atoms with Crippen molar-refractivity contribution in [3.8, 4) is 0 Å². The average molecular weight is 403 g/mol. The van der Waals surface area contributed by atoms with Gasteiger partial charge < -0.3 is 4.74 Å². The summed E-state index contributed by atoms with van der Waals surface area (Å²) < 4.78 is 20.3. The number of hydrogen-bond donors (Lipinski definition) is 0. The van der Waals surface area contributed by atoms with Crippen molar-refractivity contribution in [3.63, 3.8) is 0 Å². The van der Waals surface area contributed by atoms with E-state index in [1.807, 2.05) is 0 Å². The van der Waals surface area contributed by atoms with Gasteiger partial charge in [-0.05, 0) is 51.8 Å². The van der Waals surface area contributed by atoms with Crippen LogP contribution in [0.1, 0.15) is 11.3 Å². The highest BCUT2D eigenvalue weighted by molar-refractivity contribution is 9.10. The van der Waals surface area contributed by atoms with Gasteiger partial charge in [-0.25, -0.2) is 14.2 Å². The molecule has 0 radical (unpaired) electrons. The number of rotatable bonds is 4. The second-order valence-electron chi connectivity index (χ2n) is 5.16. The Morgan fingerprint density at radius 2 is 2.12 bits per heavy atom. The number of esters is 1. The normalized spacial score (nSPS) is 11.1. The monoisotopic (exact) mass is 402 g/mol. The molecule has 3 rings (SSSR count). The zero-order valence-electron chi connectivity index (χ0n) is 12.9. The molecule has 1 aromatic carbocycles. The predicted molar refractivity (Wildman–Crippen MR) is 94.4 cm³/mol. The second-order valence-corrected chi connectivity index (χ2v) is 6.07. The first-order valence-electron chi connectivity index (χ1n) is 7.29. The SMILES string of the molecule is O=C(/C=C/c1cccc(F)c1)OCc1cc(=O)n2cc(Br)ccc2n1. The highest BCUT2D eigenvalue weighted by Gasteiger charge is 2.05. The summed E-state index contributed by atoms with van der Waals surface area (Å²) in [4.78, 5) is 28.1. The van der Waals surface area contributed by atoms with E-state index in [0.717, 1.165) is 4.47 Å². The Balaban J connectivity index is 1.69. The smallest absolute Gasteiger partial charge is 0.331 e.